The molecule has 3 aromatic heterocycles. The topological polar surface area (TPSA) is 89.7 Å². The van der Waals surface area contributed by atoms with E-state index in [-0.39, 0.29) is 0 Å². The van der Waals surface area contributed by atoms with Crippen LogP contribution >= 0.6 is 0 Å². The maximum atomic E-state index is 5.81. The maximum absolute atomic E-state index is 5.81. The van der Waals surface area contributed by atoms with E-state index in [4.69, 9.17) is 9.26 Å². The minimum absolute atomic E-state index is 0.453. The number of hydrogen-bond donors (Lipinski definition) is 1. The number of rotatable bonds is 6. The van der Waals surface area contributed by atoms with Gasteiger partial charge in [0.25, 0.3) is 0 Å². The number of H-pyrrole nitrogens is 1. The summed E-state index contributed by atoms with van der Waals surface area (Å²) in [6, 6.07) is 13.3. The van der Waals surface area contributed by atoms with Crippen LogP contribution in [0, 0.1) is 0 Å². The molecule has 0 spiro atoms. The number of aromatic nitrogens is 5. The third-order valence-corrected chi connectivity index (χ3v) is 3.59. The van der Waals surface area contributed by atoms with Crippen molar-refractivity contribution in [1.82, 2.24) is 25.3 Å². The smallest absolute Gasteiger partial charge is 0.232 e. The average Bonchev–Trinajstić information content (AvgIpc) is 3.34. The molecule has 0 unspecified atom stereocenters. The van der Waals surface area contributed by atoms with Crippen molar-refractivity contribution in [2.45, 2.75) is 13.0 Å². The maximum Gasteiger partial charge on any atom is 0.232 e. The van der Waals surface area contributed by atoms with Gasteiger partial charge >= 0.3 is 0 Å². The molecule has 0 atom stereocenters. The minimum Gasteiger partial charge on any atom is -0.489 e. The molecule has 0 radical (unpaired) electrons. The van der Waals surface area contributed by atoms with Gasteiger partial charge in [0.15, 0.2) is 0 Å². The molecular formula is C18H15N5O2. The number of hydrogen-bond acceptors (Lipinski definition) is 6. The number of pyridine rings is 1. The fourth-order valence-electron chi connectivity index (χ4n) is 2.37. The predicted octanol–water partition coefficient (Wildman–Crippen LogP) is 3.02. The first kappa shape index (κ1) is 15.1. The molecule has 0 aliphatic rings. The molecule has 7 heteroatoms. The molecule has 4 aromatic rings. The fraction of sp³-hybridized carbons (Fsp3) is 0.111. The van der Waals surface area contributed by atoms with Gasteiger partial charge in [0.2, 0.25) is 11.7 Å². The molecule has 25 heavy (non-hydrogen) atoms. The van der Waals surface area contributed by atoms with E-state index in [1.54, 1.807) is 18.6 Å². The van der Waals surface area contributed by atoms with E-state index in [1.165, 1.54) is 0 Å². The highest BCUT2D eigenvalue weighted by atomic mass is 16.5. The van der Waals surface area contributed by atoms with Gasteiger partial charge in [-0.2, -0.15) is 10.1 Å². The fourth-order valence-corrected chi connectivity index (χ4v) is 2.37. The highest BCUT2D eigenvalue weighted by Gasteiger charge is 2.10. The second kappa shape index (κ2) is 6.96. The summed E-state index contributed by atoms with van der Waals surface area (Å²) in [6.45, 7) is 0.453. The Kier molecular flexibility index (Phi) is 4.20. The molecule has 4 rings (SSSR count). The van der Waals surface area contributed by atoms with Crippen LogP contribution in [0.1, 0.15) is 17.1 Å². The first-order chi connectivity index (χ1) is 12.4. The van der Waals surface area contributed by atoms with E-state index in [0.717, 1.165) is 22.6 Å². The molecule has 1 aromatic carbocycles. The highest BCUT2D eigenvalue weighted by Crippen LogP contribution is 2.22. The summed E-state index contributed by atoms with van der Waals surface area (Å²) in [6.07, 6.45) is 5.73. The molecule has 0 fully saturated rings. The van der Waals surface area contributed by atoms with Crippen LogP contribution in [0.3, 0.4) is 0 Å². The van der Waals surface area contributed by atoms with Gasteiger partial charge in [0, 0.05) is 35.4 Å². The van der Waals surface area contributed by atoms with Gasteiger partial charge in [-0.1, -0.05) is 23.4 Å². The van der Waals surface area contributed by atoms with Gasteiger partial charge in [-0.05, 0) is 24.3 Å². The molecule has 3 heterocycles. The van der Waals surface area contributed by atoms with Crippen molar-refractivity contribution in [2.24, 2.45) is 0 Å². The average molecular weight is 333 g/mol. The lowest BCUT2D eigenvalue weighted by Crippen LogP contribution is -1.96. The molecule has 0 bridgehead atoms. The lowest BCUT2D eigenvalue weighted by Gasteiger charge is -2.06. The van der Waals surface area contributed by atoms with Crippen molar-refractivity contribution >= 4 is 0 Å². The number of benzene rings is 1. The Morgan fingerprint density at radius 3 is 2.92 bits per heavy atom. The van der Waals surface area contributed by atoms with E-state index < -0.39 is 0 Å². The SMILES string of the molecule is c1cncc(COc2cccc(-c3noc(Cc4ccn[nH]4)n3)c2)c1. The molecule has 1 N–H and O–H groups in total. The molecule has 7 nitrogen and oxygen atoms in total. The van der Waals surface area contributed by atoms with Gasteiger partial charge in [0.1, 0.15) is 12.4 Å². The van der Waals surface area contributed by atoms with Crippen LogP contribution in [0.25, 0.3) is 11.4 Å². The normalized spacial score (nSPS) is 10.7. The number of nitrogens with one attached hydrogen (secondary N) is 1. The van der Waals surface area contributed by atoms with E-state index in [2.05, 4.69) is 25.3 Å². The van der Waals surface area contributed by atoms with Crippen LogP contribution in [0.5, 0.6) is 5.75 Å². The summed E-state index contributed by atoms with van der Waals surface area (Å²) >= 11 is 0. The molecule has 0 amide bonds. The number of ether oxygens (including phenoxy) is 1. The van der Waals surface area contributed by atoms with Crippen LogP contribution < -0.4 is 4.74 Å². The summed E-state index contributed by atoms with van der Waals surface area (Å²) in [4.78, 5) is 8.50. The highest BCUT2D eigenvalue weighted by molar-refractivity contribution is 5.56. The van der Waals surface area contributed by atoms with Crippen molar-refractivity contribution < 1.29 is 9.26 Å². The molecule has 124 valence electrons. The van der Waals surface area contributed by atoms with Gasteiger partial charge in [-0.25, -0.2) is 0 Å². The van der Waals surface area contributed by atoms with Crippen LogP contribution in [-0.2, 0) is 13.0 Å². The molecule has 0 saturated carbocycles. The van der Waals surface area contributed by atoms with Crippen molar-refractivity contribution in [3.63, 3.8) is 0 Å². The van der Waals surface area contributed by atoms with Gasteiger partial charge < -0.3 is 9.26 Å². The molecular weight excluding hydrogens is 318 g/mol. The van der Waals surface area contributed by atoms with E-state index in [1.807, 2.05) is 42.5 Å². The van der Waals surface area contributed by atoms with E-state index in [0.29, 0.717) is 24.7 Å². The van der Waals surface area contributed by atoms with Gasteiger partial charge in [-0.3, -0.25) is 10.1 Å². The first-order valence-corrected chi connectivity index (χ1v) is 7.80. The zero-order valence-corrected chi connectivity index (χ0v) is 13.3. The Labute approximate surface area is 143 Å². The number of nitrogens with zero attached hydrogens (tertiary/aromatic N) is 4. The largest absolute Gasteiger partial charge is 0.489 e. The van der Waals surface area contributed by atoms with Crippen LogP contribution in [0.15, 0.2) is 65.6 Å². The summed E-state index contributed by atoms with van der Waals surface area (Å²) in [5.41, 5.74) is 2.77. The lowest BCUT2D eigenvalue weighted by molar-refractivity contribution is 0.306. The third kappa shape index (κ3) is 3.72. The number of aromatic amines is 1. The molecule has 0 saturated heterocycles. The van der Waals surface area contributed by atoms with Crippen LogP contribution in [0.4, 0.5) is 0 Å². The summed E-state index contributed by atoms with van der Waals surface area (Å²) < 4.78 is 11.1. The van der Waals surface area contributed by atoms with E-state index >= 15 is 0 Å². The van der Waals surface area contributed by atoms with Crippen molar-refractivity contribution in [3.8, 4) is 17.1 Å². The zero-order valence-electron chi connectivity index (χ0n) is 13.3. The van der Waals surface area contributed by atoms with E-state index in [9.17, 15) is 0 Å². The lowest BCUT2D eigenvalue weighted by atomic mass is 10.2. The Morgan fingerprint density at radius 2 is 2.08 bits per heavy atom. The van der Waals surface area contributed by atoms with Crippen LogP contribution in [0.2, 0.25) is 0 Å². The first-order valence-electron chi connectivity index (χ1n) is 7.80. The van der Waals surface area contributed by atoms with Crippen molar-refractivity contribution in [1.29, 1.82) is 0 Å². The zero-order chi connectivity index (χ0) is 16.9. The standard InChI is InChI=1S/C18H15N5O2/c1-4-14(9-16(5-1)24-12-13-3-2-7-19-11-13)18-21-17(25-23-18)10-15-6-8-20-22-15/h1-9,11H,10,12H2,(H,20,22). The summed E-state index contributed by atoms with van der Waals surface area (Å²) in [7, 11) is 0. The Balaban J connectivity index is 1.46. The Bertz CT molecular complexity index is 935. The van der Waals surface area contributed by atoms with Crippen molar-refractivity contribution in [2.75, 3.05) is 0 Å². The quantitative estimate of drug-likeness (QED) is 0.583. The second-order valence-corrected chi connectivity index (χ2v) is 5.45. The van der Waals surface area contributed by atoms with Crippen LogP contribution in [-0.4, -0.2) is 25.3 Å². The Hall–Kier alpha value is -3.48. The van der Waals surface area contributed by atoms with Crippen molar-refractivity contribution in [3.05, 3.63) is 78.2 Å². The minimum atomic E-state index is 0.453. The molecule has 0 aliphatic heterocycles. The second-order valence-electron chi connectivity index (χ2n) is 5.45. The van der Waals surface area contributed by atoms with Gasteiger partial charge in [-0.15, -0.1) is 0 Å². The predicted molar refractivity (Wildman–Crippen MR) is 89.7 cm³/mol. The monoisotopic (exact) mass is 333 g/mol. The molecule has 0 aliphatic carbocycles. The third-order valence-electron chi connectivity index (χ3n) is 3.59. The van der Waals surface area contributed by atoms with Gasteiger partial charge in [0.05, 0.1) is 6.42 Å². The summed E-state index contributed by atoms with van der Waals surface area (Å²) in [5.74, 6) is 1.79. The Morgan fingerprint density at radius 1 is 1.08 bits per heavy atom. The summed E-state index contributed by atoms with van der Waals surface area (Å²) in [5, 5.41) is 10.8.